The number of rotatable bonds is 2. The largest absolute Gasteiger partial charge is 0.510 e. The Morgan fingerprint density at radius 2 is 2.09 bits per heavy atom. The van der Waals surface area contributed by atoms with Crippen LogP contribution in [-0.2, 0) is 4.79 Å². The Morgan fingerprint density at radius 3 is 2.36 bits per heavy atom. The summed E-state index contributed by atoms with van der Waals surface area (Å²) in [4.78, 5) is 10.9. The minimum atomic E-state index is -0.449. The van der Waals surface area contributed by atoms with Gasteiger partial charge >= 0.3 is 0 Å². The number of azo groups is 1. The second-order valence-corrected chi connectivity index (χ2v) is 1.81. The third kappa shape index (κ3) is 2.79. The van der Waals surface area contributed by atoms with Crippen molar-refractivity contribution in [2.24, 2.45) is 10.2 Å². The molecule has 0 aromatic heterocycles. The van der Waals surface area contributed by atoms with Crippen molar-refractivity contribution in [2.75, 3.05) is 14.1 Å². The molecule has 0 aliphatic heterocycles. The Bertz CT molecular complexity index is 204. The number of allylic oxidation sites excluding steroid dienone is 1. The van der Waals surface area contributed by atoms with Crippen LogP contribution < -0.4 is 5.32 Å². The molecule has 0 atom stereocenters. The fourth-order valence-electron chi connectivity index (χ4n) is 0.500. The number of nitrogens with one attached hydrogen (secondary N) is 1. The van der Waals surface area contributed by atoms with E-state index in [1.807, 2.05) is 0 Å². The Hall–Kier alpha value is -1.39. The molecule has 5 nitrogen and oxygen atoms in total. The molecule has 1 amide bonds. The topological polar surface area (TPSA) is 74.0 Å². The highest BCUT2D eigenvalue weighted by atomic mass is 16.3. The molecule has 0 spiro atoms. The molecule has 62 valence electrons. The zero-order chi connectivity index (χ0) is 8.85. The van der Waals surface area contributed by atoms with Gasteiger partial charge in [-0.3, -0.25) is 4.79 Å². The van der Waals surface area contributed by atoms with Crippen LogP contribution in [0.2, 0.25) is 0 Å². The van der Waals surface area contributed by atoms with Crippen molar-refractivity contribution in [3.63, 3.8) is 0 Å². The number of hydrogen-bond donors (Lipinski definition) is 2. The number of nitrogens with zero attached hydrogens (tertiary/aromatic N) is 2. The van der Waals surface area contributed by atoms with Crippen LogP contribution >= 0.6 is 0 Å². The third-order valence-corrected chi connectivity index (χ3v) is 0.985. The minimum absolute atomic E-state index is 0.0602. The summed E-state index contributed by atoms with van der Waals surface area (Å²) < 4.78 is 0. The highest BCUT2D eigenvalue weighted by Gasteiger charge is 2.09. The average Bonchev–Trinajstić information content (AvgIpc) is 1.98. The molecule has 0 aromatic rings. The lowest BCUT2D eigenvalue weighted by atomic mass is 10.4. The molecule has 0 rings (SSSR count). The lowest BCUT2D eigenvalue weighted by molar-refractivity contribution is -0.117. The predicted octanol–water partition coefficient (Wildman–Crippen LogP) is 0.604. The maximum Gasteiger partial charge on any atom is 0.275 e. The van der Waals surface area contributed by atoms with Crippen molar-refractivity contribution < 1.29 is 9.90 Å². The molecular weight excluding hydrogens is 146 g/mol. The van der Waals surface area contributed by atoms with Crippen LogP contribution in [0.25, 0.3) is 0 Å². The third-order valence-electron chi connectivity index (χ3n) is 0.985. The van der Waals surface area contributed by atoms with Gasteiger partial charge in [0.25, 0.3) is 5.91 Å². The number of aliphatic hydroxyl groups is 1. The van der Waals surface area contributed by atoms with Crippen molar-refractivity contribution in [1.82, 2.24) is 5.32 Å². The van der Waals surface area contributed by atoms with Gasteiger partial charge in [0.15, 0.2) is 5.70 Å². The van der Waals surface area contributed by atoms with Crippen molar-refractivity contribution in [3.05, 3.63) is 11.5 Å². The zero-order valence-electron chi connectivity index (χ0n) is 6.75. The van der Waals surface area contributed by atoms with Crippen LogP contribution in [0.4, 0.5) is 0 Å². The Morgan fingerprint density at radius 1 is 1.55 bits per heavy atom. The van der Waals surface area contributed by atoms with E-state index in [0.717, 1.165) is 0 Å². The van der Waals surface area contributed by atoms with Gasteiger partial charge in [0.05, 0.1) is 0 Å². The van der Waals surface area contributed by atoms with E-state index in [2.05, 4.69) is 15.5 Å². The van der Waals surface area contributed by atoms with Gasteiger partial charge in [-0.25, -0.2) is 0 Å². The first-order valence-corrected chi connectivity index (χ1v) is 3.05. The number of carbonyl (C=O) groups is 1. The van der Waals surface area contributed by atoms with E-state index >= 15 is 0 Å². The number of aliphatic hydroxyl groups excluding tert-OH is 1. The molecule has 0 saturated carbocycles. The van der Waals surface area contributed by atoms with Gasteiger partial charge in [0, 0.05) is 14.1 Å². The molecule has 0 radical (unpaired) electrons. The van der Waals surface area contributed by atoms with Gasteiger partial charge in [-0.2, -0.15) is 5.11 Å². The van der Waals surface area contributed by atoms with E-state index in [4.69, 9.17) is 5.11 Å². The molecule has 11 heavy (non-hydrogen) atoms. The summed E-state index contributed by atoms with van der Waals surface area (Å²) in [6.07, 6.45) is 0. The molecule has 2 N–H and O–H groups in total. The lowest BCUT2D eigenvalue weighted by Gasteiger charge is -1.98. The summed E-state index contributed by atoms with van der Waals surface area (Å²) in [5, 5.41) is 18.0. The molecule has 0 bridgehead atoms. The fourth-order valence-corrected chi connectivity index (χ4v) is 0.500. The van der Waals surface area contributed by atoms with E-state index in [-0.39, 0.29) is 11.5 Å². The standard InChI is InChI=1S/C6H11N3O2/c1-4(10)5(9-8-3)6(11)7-2/h10H,1-3H3,(H,7,11). The van der Waals surface area contributed by atoms with E-state index in [9.17, 15) is 4.79 Å². The maximum atomic E-state index is 10.9. The normalized spacial score (nSPS) is 13.0. The fraction of sp³-hybridized carbons (Fsp3) is 0.500. The SMILES string of the molecule is CN=NC(C(=O)NC)=C(C)O. The summed E-state index contributed by atoms with van der Waals surface area (Å²) in [6.45, 7) is 1.37. The lowest BCUT2D eigenvalue weighted by Crippen LogP contribution is -2.20. The molecule has 0 unspecified atom stereocenters. The molecular formula is C6H11N3O2. The van der Waals surface area contributed by atoms with Crippen molar-refractivity contribution >= 4 is 5.91 Å². The van der Waals surface area contributed by atoms with E-state index in [1.165, 1.54) is 21.0 Å². The number of hydrogen-bond acceptors (Lipinski definition) is 4. The van der Waals surface area contributed by atoms with Crippen LogP contribution in [0.1, 0.15) is 6.92 Å². The first-order valence-electron chi connectivity index (χ1n) is 3.05. The summed E-state index contributed by atoms with van der Waals surface area (Å²) in [7, 11) is 2.88. The number of likely N-dealkylation sites (N-methyl/N-ethyl adjacent to an activating group) is 1. The number of carbonyl (C=O) groups excluding carboxylic acids is 1. The molecule has 5 heteroatoms. The van der Waals surface area contributed by atoms with Gasteiger partial charge in [-0.15, -0.1) is 5.11 Å². The van der Waals surface area contributed by atoms with Crippen LogP contribution in [0, 0.1) is 0 Å². The molecule has 0 heterocycles. The van der Waals surface area contributed by atoms with Crippen molar-refractivity contribution in [3.8, 4) is 0 Å². The first-order chi connectivity index (χ1) is 5.13. The van der Waals surface area contributed by atoms with E-state index in [1.54, 1.807) is 0 Å². The zero-order valence-corrected chi connectivity index (χ0v) is 6.75. The summed E-state index contributed by atoms with van der Waals surface area (Å²) in [6, 6.07) is 0. The Labute approximate surface area is 64.8 Å². The summed E-state index contributed by atoms with van der Waals surface area (Å²) >= 11 is 0. The molecule has 0 saturated heterocycles. The highest BCUT2D eigenvalue weighted by molar-refractivity contribution is 5.92. The van der Waals surface area contributed by atoms with Gasteiger partial charge in [0.2, 0.25) is 0 Å². The molecule has 0 aliphatic carbocycles. The molecule has 0 aliphatic rings. The summed E-state index contributed by atoms with van der Waals surface area (Å²) in [5.74, 6) is -0.592. The van der Waals surface area contributed by atoms with E-state index in [0.29, 0.717) is 0 Å². The van der Waals surface area contributed by atoms with Crippen molar-refractivity contribution in [2.45, 2.75) is 6.92 Å². The monoisotopic (exact) mass is 157 g/mol. The van der Waals surface area contributed by atoms with Crippen LogP contribution in [0.15, 0.2) is 21.7 Å². The Kier molecular flexibility index (Phi) is 3.87. The average molecular weight is 157 g/mol. The smallest absolute Gasteiger partial charge is 0.275 e. The molecule has 0 aromatic carbocycles. The predicted molar refractivity (Wildman–Crippen MR) is 40.2 cm³/mol. The van der Waals surface area contributed by atoms with E-state index < -0.39 is 5.91 Å². The van der Waals surface area contributed by atoms with Crippen LogP contribution in [0.5, 0.6) is 0 Å². The van der Waals surface area contributed by atoms with Gasteiger partial charge in [-0.1, -0.05) is 0 Å². The van der Waals surface area contributed by atoms with Crippen LogP contribution in [0.3, 0.4) is 0 Å². The second kappa shape index (κ2) is 4.43. The number of amides is 1. The van der Waals surface area contributed by atoms with Crippen molar-refractivity contribution in [1.29, 1.82) is 0 Å². The quantitative estimate of drug-likeness (QED) is 0.350. The minimum Gasteiger partial charge on any atom is -0.510 e. The Balaban J connectivity index is 4.63. The summed E-state index contributed by atoms with van der Waals surface area (Å²) in [5.41, 5.74) is -0.0602. The van der Waals surface area contributed by atoms with Gasteiger partial charge < -0.3 is 10.4 Å². The van der Waals surface area contributed by atoms with Gasteiger partial charge in [0.1, 0.15) is 5.76 Å². The molecule has 0 fully saturated rings. The van der Waals surface area contributed by atoms with Gasteiger partial charge in [-0.05, 0) is 6.92 Å². The maximum absolute atomic E-state index is 10.9. The second-order valence-electron chi connectivity index (χ2n) is 1.81. The first kappa shape index (κ1) is 9.61. The highest BCUT2D eigenvalue weighted by Crippen LogP contribution is 2.02. The van der Waals surface area contributed by atoms with Crippen LogP contribution in [-0.4, -0.2) is 25.1 Å².